The first-order valence-corrected chi connectivity index (χ1v) is 3.64. The molecule has 0 aromatic carbocycles. The molecule has 1 atom stereocenters. The molecule has 0 heterocycles. The van der Waals surface area contributed by atoms with Crippen molar-refractivity contribution in [2.75, 3.05) is 0 Å². The third-order valence-corrected chi connectivity index (χ3v) is 1.74. The Labute approximate surface area is 63.2 Å². The van der Waals surface area contributed by atoms with E-state index in [9.17, 15) is 14.4 Å². The van der Waals surface area contributed by atoms with Gasteiger partial charge >= 0.3 is 0 Å². The van der Waals surface area contributed by atoms with Crippen LogP contribution in [0.15, 0.2) is 0 Å². The number of carbonyl (C=O) groups is 3. The lowest BCUT2D eigenvalue weighted by molar-refractivity contribution is -0.112. The second-order valence-electron chi connectivity index (χ2n) is 1.69. The summed E-state index contributed by atoms with van der Waals surface area (Å²) in [6.07, 6.45) is 1.36. The number of rotatable bonds is 4. The van der Waals surface area contributed by atoms with Crippen molar-refractivity contribution in [3.05, 3.63) is 0 Å². The van der Waals surface area contributed by atoms with Crippen LogP contribution >= 0.6 is 11.8 Å². The topological polar surface area (TPSA) is 51.2 Å². The summed E-state index contributed by atoms with van der Waals surface area (Å²) in [5.41, 5.74) is 0. The average molecular weight is 160 g/mol. The summed E-state index contributed by atoms with van der Waals surface area (Å²) >= 11 is 0.886. The molecule has 0 bridgehead atoms. The normalized spacial score (nSPS) is 12.1. The van der Waals surface area contributed by atoms with Crippen molar-refractivity contribution in [3.8, 4) is 0 Å². The van der Waals surface area contributed by atoms with Crippen LogP contribution in [0.4, 0.5) is 0 Å². The maximum Gasteiger partial charge on any atom is 0.186 e. The maximum atomic E-state index is 10.4. The predicted octanol–water partition coefficient (Wildman–Crippen LogP) is 0.423. The highest BCUT2D eigenvalue weighted by molar-refractivity contribution is 8.14. The van der Waals surface area contributed by atoms with Gasteiger partial charge in [-0.1, -0.05) is 11.8 Å². The van der Waals surface area contributed by atoms with Crippen LogP contribution in [0.25, 0.3) is 0 Å². The van der Waals surface area contributed by atoms with Crippen LogP contribution in [0.5, 0.6) is 0 Å². The van der Waals surface area contributed by atoms with E-state index in [1.165, 1.54) is 6.92 Å². The van der Waals surface area contributed by atoms with Gasteiger partial charge in [0.05, 0.1) is 5.25 Å². The Morgan fingerprint density at radius 1 is 1.60 bits per heavy atom. The molecule has 0 aromatic heterocycles. The van der Waals surface area contributed by atoms with E-state index in [0.29, 0.717) is 12.6 Å². The molecule has 0 N–H and O–H groups in total. The molecule has 0 saturated carbocycles. The van der Waals surface area contributed by atoms with E-state index < -0.39 is 5.25 Å². The SMILES string of the molecule is CC(=O)SC(C=O)CC=O. The molecule has 0 amide bonds. The van der Waals surface area contributed by atoms with Gasteiger partial charge in [-0.2, -0.15) is 0 Å². The molecule has 0 rings (SSSR count). The molecule has 0 spiro atoms. The Morgan fingerprint density at radius 3 is 2.50 bits per heavy atom. The fourth-order valence-corrected chi connectivity index (χ4v) is 1.10. The first kappa shape index (κ1) is 9.36. The quantitative estimate of drug-likeness (QED) is 0.559. The highest BCUT2D eigenvalue weighted by atomic mass is 32.2. The van der Waals surface area contributed by atoms with E-state index >= 15 is 0 Å². The van der Waals surface area contributed by atoms with Crippen LogP contribution in [0, 0.1) is 0 Å². The molecule has 0 aliphatic carbocycles. The minimum absolute atomic E-state index is 0.119. The van der Waals surface area contributed by atoms with E-state index in [2.05, 4.69) is 0 Å². The van der Waals surface area contributed by atoms with Crippen molar-refractivity contribution in [2.24, 2.45) is 0 Å². The molecular formula is C6H8O3S. The molecule has 4 heteroatoms. The molecule has 0 radical (unpaired) electrons. The molecule has 1 unspecified atom stereocenters. The second-order valence-corrected chi connectivity index (χ2v) is 3.10. The van der Waals surface area contributed by atoms with Gasteiger partial charge in [-0.3, -0.25) is 4.79 Å². The predicted molar refractivity (Wildman–Crippen MR) is 38.8 cm³/mol. The average Bonchev–Trinajstić information content (AvgIpc) is 1.86. The van der Waals surface area contributed by atoms with Gasteiger partial charge in [0, 0.05) is 13.3 Å². The van der Waals surface area contributed by atoms with Crippen molar-refractivity contribution in [2.45, 2.75) is 18.6 Å². The highest BCUT2D eigenvalue weighted by Crippen LogP contribution is 2.11. The molecule has 0 aliphatic heterocycles. The zero-order valence-corrected chi connectivity index (χ0v) is 6.39. The second kappa shape index (κ2) is 5.17. The van der Waals surface area contributed by atoms with Gasteiger partial charge in [-0.05, 0) is 0 Å². The van der Waals surface area contributed by atoms with Gasteiger partial charge in [0.2, 0.25) is 0 Å². The largest absolute Gasteiger partial charge is 0.303 e. The van der Waals surface area contributed by atoms with Gasteiger partial charge in [0.1, 0.15) is 12.6 Å². The van der Waals surface area contributed by atoms with E-state index in [1.54, 1.807) is 0 Å². The van der Waals surface area contributed by atoms with E-state index in [1.807, 2.05) is 0 Å². The molecule has 0 fully saturated rings. The van der Waals surface area contributed by atoms with Gasteiger partial charge in [-0.15, -0.1) is 0 Å². The van der Waals surface area contributed by atoms with Crippen molar-refractivity contribution in [1.29, 1.82) is 0 Å². The fourth-order valence-electron chi connectivity index (χ4n) is 0.439. The number of aldehydes is 2. The van der Waals surface area contributed by atoms with Gasteiger partial charge < -0.3 is 9.59 Å². The summed E-state index contributed by atoms with van der Waals surface area (Å²) in [6.45, 7) is 1.37. The molecular weight excluding hydrogens is 152 g/mol. The van der Waals surface area contributed by atoms with E-state index in [-0.39, 0.29) is 11.5 Å². The van der Waals surface area contributed by atoms with Crippen molar-refractivity contribution < 1.29 is 14.4 Å². The monoisotopic (exact) mass is 160 g/mol. The first-order chi connectivity index (χ1) is 4.70. The Balaban J connectivity index is 3.70. The minimum Gasteiger partial charge on any atom is -0.303 e. The lowest BCUT2D eigenvalue weighted by Gasteiger charge is -1.99. The Kier molecular flexibility index (Phi) is 4.84. The lowest BCUT2D eigenvalue weighted by atomic mass is 10.4. The van der Waals surface area contributed by atoms with E-state index in [4.69, 9.17) is 0 Å². The van der Waals surface area contributed by atoms with Crippen LogP contribution in [-0.2, 0) is 14.4 Å². The molecule has 0 saturated heterocycles. The van der Waals surface area contributed by atoms with Crippen LogP contribution in [0.1, 0.15) is 13.3 Å². The summed E-state index contributed by atoms with van der Waals surface area (Å²) < 4.78 is 0. The summed E-state index contributed by atoms with van der Waals surface area (Å²) in [5, 5.41) is -0.631. The summed E-state index contributed by atoms with van der Waals surface area (Å²) in [7, 11) is 0. The van der Waals surface area contributed by atoms with Crippen LogP contribution < -0.4 is 0 Å². The van der Waals surface area contributed by atoms with Crippen molar-refractivity contribution >= 4 is 29.4 Å². The summed E-state index contributed by atoms with van der Waals surface area (Å²) in [4.78, 5) is 30.3. The lowest BCUT2D eigenvalue weighted by Crippen LogP contribution is -2.06. The smallest absolute Gasteiger partial charge is 0.186 e. The minimum atomic E-state index is -0.491. The maximum absolute atomic E-state index is 10.4. The molecule has 10 heavy (non-hydrogen) atoms. The molecule has 0 aromatic rings. The molecule has 56 valence electrons. The number of carbonyl (C=O) groups excluding carboxylic acids is 3. The Bertz CT molecular complexity index is 144. The van der Waals surface area contributed by atoms with Crippen molar-refractivity contribution in [1.82, 2.24) is 0 Å². The molecule has 0 aliphatic rings. The van der Waals surface area contributed by atoms with Crippen LogP contribution in [-0.4, -0.2) is 22.9 Å². The standard InChI is InChI=1S/C6H8O3S/c1-5(9)10-6(4-8)2-3-7/h3-4,6H,2H2,1H3. The van der Waals surface area contributed by atoms with Gasteiger partial charge in [-0.25, -0.2) is 0 Å². The highest BCUT2D eigenvalue weighted by Gasteiger charge is 2.08. The number of hydrogen-bond donors (Lipinski definition) is 0. The zero-order valence-electron chi connectivity index (χ0n) is 5.57. The first-order valence-electron chi connectivity index (χ1n) is 2.77. The molecule has 3 nitrogen and oxygen atoms in total. The number of thioether (sulfide) groups is 1. The Hall–Kier alpha value is -0.640. The van der Waals surface area contributed by atoms with Crippen LogP contribution in [0.3, 0.4) is 0 Å². The summed E-state index contributed by atoms with van der Waals surface area (Å²) in [6, 6.07) is 0. The zero-order chi connectivity index (χ0) is 7.98. The van der Waals surface area contributed by atoms with Gasteiger partial charge in [0.15, 0.2) is 5.12 Å². The summed E-state index contributed by atoms with van der Waals surface area (Å²) in [5.74, 6) is 0. The Morgan fingerprint density at radius 2 is 2.20 bits per heavy atom. The van der Waals surface area contributed by atoms with Crippen molar-refractivity contribution in [3.63, 3.8) is 0 Å². The van der Waals surface area contributed by atoms with Gasteiger partial charge in [0.25, 0.3) is 0 Å². The fraction of sp³-hybridized carbons (Fsp3) is 0.500. The van der Waals surface area contributed by atoms with E-state index in [0.717, 1.165) is 11.8 Å². The number of hydrogen-bond acceptors (Lipinski definition) is 4. The third-order valence-electron chi connectivity index (χ3n) is 0.798. The van der Waals surface area contributed by atoms with Crippen LogP contribution in [0.2, 0.25) is 0 Å². The third kappa shape index (κ3) is 4.26.